The van der Waals surface area contributed by atoms with Crippen molar-refractivity contribution in [2.45, 2.75) is 32.6 Å². The molecule has 1 unspecified atom stereocenters. The van der Waals surface area contributed by atoms with Gasteiger partial charge in [-0.3, -0.25) is 4.68 Å². The third kappa shape index (κ3) is 0.992. The number of nitrogens with two attached hydrogens (primary N) is 1. The van der Waals surface area contributed by atoms with Gasteiger partial charge in [-0.1, -0.05) is 20.8 Å². The van der Waals surface area contributed by atoms with Crippen molar-refractivity contribution in [1.82, 2.24) is 9.78 Å². The van der Waals surface area contributed by atoms with Gasteiger partial charge < -0.3 is 5.73 Å². The predicted molar refractivity (Wildman–Crippen MR) is 53.4 cm³/mol. The average molecular weight is 179 g/mol. The van der Waals surface area contributed by atoms with Crippen molar-refractivity contribution in [3.63, 3.8) is 0 Å². The number of aryl methyl sites for hydroxylation is 1. The van der Waals surface area contributed by atoms with Gasteiger partial charge in [0, 0.05) is 18.5 Å². The summed E-state index contributed by atoms with van der Waals surface area (Å²) < 4.78 is 1.75. The van der Waals surface area contributed by atoms with Crippen LogP contribution in [0.3, 0.4) is 0 Å². The number of aromatic nitrogens is 2. The first-order chi connectivity index (χ1) is 5.87. The zero-order chi connectivity index (χ0) is 9.85. The molecule has 0 amide bonds. The van der Waals surface area contributed by atoms with Gasteiger partial charge >= 0.3 is 0 Å². The van der Waals surface area contributed by atoms with Gasteiger partial charge in [-0.2, -0.15) is 5.10 Å². The molecule has 1 aliphatic rings. The van der Waals surface area contributed by atoms with Crippen LogP contribution in [0.4, 0.5) is 5.82 Å². The maximum absolute atomic E-state index is 5.75. The zero-order valence-corrected chi connectivity index (χ0v) is 8.76. The number of nitrogen functional groups attached to an aromatic ring is 1. The van der Waals surface area contributed by atoms with Crippen LogP contribution in [0.1, 0.15) is 32.9 Å². The highest BCUT2D eigenvalue weighted by atomic mass is 15.3. The van der Waals surface area contributed by atoms with E-state index in [0.29, 0.717) is 5.41 Å². The molecule has 2 N–H and O–H groups in total. The van der Waals surface area contributed by atoms with Crippen LogP contribution in [0.2, 0.25) is 0 Å². The molecule has 0 aliphatic heterocycles. The molecule has 0 spiro atoms. The lowest BCUT2D eigenvalue weighted by atomic mass is 9.95. The minimum Gasteiger partial charge on any atom is -0.384 e. The molecule has 1 aromatic heterocycles. The molecule has 3 nitrogen and oxygen atoms in total. The number of hydrogen-bond donors (Lipinski definition) is 1. The van der Waals surface area contributed by atoms with Crippen molar-refractivity contribution >= 4 is 5.82 Å². The molecule has 2 rings (SSSR count). The van der Waals surface area contributed by atoms with Crippen molar-refractivity contribution in [2.24, 2.45) is 12.5 Å². The third-order valence-corrected chi connectivity index (χ3v) is 3.65. The van der Waals surface area contributed by atoms with E-state index in [1.54, 1.807) is 4.68 Å². The van der Waals surface area contributed by atoms with Gasteiger partial charge in [0.15, 0.2) is 0 Å². The maximum Gasteiger partial charge on any atom is 0.121 e. The average Bonchev–Trinajstić information content (AvgIpc) is 2.34. The quantitative estimate of drug-likeness (QED) is 0.713. The molecule has 1 aromatic rings. The second-order valence-corrected chi connectivity index (χ2v) is 4.97. The van der Waals surface area contributed by atoms with Crippen LogP contribution in [0.5, 0.6) is 0 Å². The summed E-state index contributed by atoms with van der Waals surface area (Å²) in [5, 5.41) is 4.43. The molecule has 3 heteroatoms. The van der Waals surface area contributed by atoms with Crippen LogP contribution < -0.4 is 5.73 Å². The van der Waals surface area contributed by atoms with E-state index in [1.807, 2.05) is 13.1 Å². The molecule has 0 radical (unpaired) electrons. The van der Waals surface area contributed by atoms with Crippen LogP contribution in [-0.2, 0) is 12.5 Å². The van der Waals surface area contributed by atoms with E-state index in [0.717, 1.165) is 11.5 Å². The van der Waals surface area contributed by atoms with E-state index in [-0.39, 0.29) is 5.41 Å². The normalized spacial score (nSPS) is 30.5. The van der Waals surface area contributed by atoms with Gasteiger partial charge in [0.2, 0.25) is 0 Å². The maximum atomic E-state index is 5.75. The van der Waals surface area contributed by atoms with Gasteiger partial charge in [-0.05, 0) is 11.8 Å². The molecule has 0 saturated heterocycles. The second-order valence-electron chi connectivity index (χ2n) is 4.97. The van der Waals surface area contributed by atoms with Crippen LogP contribution >= 0.6 is 0 Å². The minimum absolute atomic E-state index is 0.238. The van der Waals surface area contributed by atoms with E-state index >= 15 is 0 Å². The molecular formula is C10H17N3. The molecule has 1 heterocycles. The van der Waals surface area contributed by atoms with Crippen molar-refractivity contribution in [3.05, 3.63) is 11.8 Å². The first-order valence-corrected chi connectivity index (χ1v) is 4.67. The lowest BCUT2D eigenvalue weighted by molar-refractivity contribution is 0.512. The number of nitrogens with zero attached hydrogens (tertiary/aromatic N) is 2. The molecule has 0 bridgehead atoms. The van der Waals surface area contributed by atoms with Crippen LogP contribution in [0.25, 0.3) is 0 Å². The molecule has 1 atom stereocenters. The van der Waals surface area contributed by atoms with Crippen molar-refractivity contribution in [3.8, 4) is 0 Å². The summed E-state index contributed by atoms with van der Waals surface area (Å²) in [4.78, 5) is 0. The Balaban J connectivity index is 2.38. The van der Waals surface area contributed by atoms with Crippen molar-refractivity contribution in [2.75, 3.05) is 5.73 Å². The monoisotopic (exact) mass is 179 g/mol. The van der Waals surface area contributed by atoms with Gasteiger partial charge in [0.25, 0.3) is 0 Å². The zero-order valence-electron chi connectivity index (χ0n) is 8.76. The summed E-state index contributed by atoms with van der Waals surface area (Å²) in [6, 6.07) is 1.99. The van der Waals surface area contributed by atoms with E-state index in [9.17, 15) is 0 Å². The van der Waals surface area contributed by atoms with Crippen LogP contribution in [0, 0.1) is 5.41 Å². The molecule has 0 aromatic carbocycles. The SMILES string of the molecule is Cn1nc(C2(C)CC2(C)C)cc1N. The van der Waals surface area contributed by atoms with Crippen molar-refractivity contribution in [1.29, 1.82) is 0 Å². The molecule has 1 fully saturated rings. The fourth-order valence-corrected chi connectivity index (χ4v) is 2.03. The first kappa shape index (κ1) is 8.60. The molecule has 1 saturated carbocycles. The Hall–Kier alpha value is -0.990. The number of hydrogen-bond acceptors (Lipinski definition) is 2. The lowest BCUT2D eigenvalue weighted by Gasteiger charge is -2.10. The van der Waals surface area contributed by atoms with E-state index < -0.39 is 0 Å². The Kier molecular flexibility index (Phi) is 1.38. The lowest BCUT2D eigenvalue weighted by Crippen LogP contribution is -2.10. The highest BCUT2D eigenvalue weighted by molar-refractivity contribution is 5.39. The summed E-state index contributed by atoms with van der Waals surface area (Å²) in [6.45, 7) is 6.81. The predicted octanol–water partition coefficient (Wildman–Crippen LogP) is 1.69. The minimum atomic E-state index is 0.238. The molecular weight excluding hydrogens is 162 g/mol. The Bertz CT molecular complexity index is 332. The summed E-state index contributed by atoms with van der Waals surface area (Å²) >= 11 is 0. The standard InChI is InChI=1S/C10H17N3/c1-9(2)6-10(9,3)7-5-8(11)13(4)12-7/h5H,6,11H2,1-4H3. The highest BCUT2D eigenvalue weighted by Gasteiger charge is 2.59. The summed E-state index contributed by atoms with van der Waals surface area (Å²) in [6.07, 6.45) is 1.20. The van der Waals surface area contributed by atoms with Crippen LogP contribution in [0.15, 0.2) is 6.07 Å². The third-order valence-electron chi connectivity index (χ3n) is 3.65. The van der Waals surface area contributed by atoms with Gasteiger partial charge in [-0.25, -0.2) is 0 Å². The Morgan fingerprint density at radius 2 is 2.00 bits per heavy atom. The van der Waals surface area contributed by atoms with E-state index in [4.69, 9.17) is 5.73 Å². The summed E-state index contributed by atoms with van der Waals surface area (Å²) in [5.74, 6) is 0.749. The number of anilines is 1. The van der Waals surface area contributed by atoms with Crippen molar-refractivity contribution < 1.29 is 0 Å². The Morgan fingerprint density at radius 1 is 1.46 bits per heavy atom. The largest absolute Gasteiger partial charge is 0.384 e. The fraction of sp³-hybridized carbons (Fsp3) is 0.700. The Morgan fingerprint density at radius 3 is 2.31 bits per heavy atom. The highest BCUT2D eigenvalue weighted by Crippen LogP contribution is 2.63. The topological polar surface area (TPSA) is 43.8 Å². The Labute approximate surface area is 78.9 Å². The van der Waals surface area contributed by atoms with E-state index in [1.165, 1.54) is 6.42 Å². The second kappa shape index (κ2) is 2.08. The molecule has 1 aliphatic carbocycles. The molecule has 72 valence electrons. The van der Waals surface area contributed by atoms with Gasteiger partial charge in [0.05, 0.1) is 5.69 Å². The summed E-state index contributed by atoms with van der Waals surface area (Å²) in [5.41, 5.74) is 7.51. The van der Waals surface area contributed by atoms with Gasteiger partial charge in [-0.15, -0.1) is 0 Å². The van der Waals surface area contributed by atoms with Gasteiger partial charge in [0.1, 0.15) is 5.82 Å². The summed E-state index contributed by atoms with van der Waals surface area (Å²) in [7, 11) is 1.89. The molecule has 13 heavy (non-hydrogen) atoms. The first-order valence-electron chi connectivity index (χ1n) is 4.67. The van der Waals surface area contributed by atoms with Crippen LogP contribution in [-0.4, -0.2) is 9.78 Å². The number of rotatable bonds is 1. The smallest absolute Gasteiger partial charge is 0.121 e. The van der Waals surface area contributed by atoms with E-state index in [2.05, 4.69) is 25.9 Å². The fourth-order valence-electron chi connectivity index (χ4n) is 2.03.